The molecule has 0 saturated heterocycles. The molecule has 1 aliphatic rings. The van der Waals surface area contributed by atoms with Crippen LogP contribution >= 0.6 is 12.2 Å². The fourth-order valence-corrected chi connectivity index (χ4v) is 3.56. The lowest BCUT2D eigenvalue weighted by atomic mass is 9.85. The van der Waals surface area contributed by atoms with Gasteiger partial charge in [0.15, 0.2) is 0 Å². The van der Waals surface area contributed by atoms with E-state index in [0.29, 0.717) is 12.0 Å². The lowest BCUT2D eigenvalue weighted by Gasteiger charge is -2.35. The van der Waals surface area contributed by atoms with Crippen LogP contribution in [0, 0.1) is 11.8 Å². The van der Waals surface area contributed by atoms with E-state index in [1.807, 2.05) is 0 Å². The first-order valence-electron chi connectivity index (χ1n) is 8.05. The summed E-state index contributed by atoms with van der Waals surface area (Å²) in [5.41, 5.74) is 2.53. The molecule has 0 N–H and O–H groups in total. The van der Waals surface area contributed by atoms with Gasteiger partial charge in [-0.15, -0.1) is 0 Å². The Hall–Kier alpha value is -0.990. The van der Waals surface area contributed by atoms with Crippen molar-refractivity contribution < 1.29 is 0 Å². The minimum atomic E-state index is 0.508. The number of thiocarbonyl (C=S) groups is 1. The molecule has 1 saturated carbocycles. The Bertz CT molecular complexity index is 464. The molecule has 114 valence electrons. The zero-order chi connectivity index (χ0) is 15.2. The summed E-state index contributed by atoms with van der Waals surface area (Å²) in [6.07, 6.45) is 5.09. The Labute approximate surface area is 135 Å². The van der Waals surface area contributed by atoms with Crippen molar-refractivity contribution in [3.8, 4) is 0 Å². The van der Waals surface area contributed by atoms with Crippen molar-refractivity contribution in [2.24, 2.45) is 11.8 Å². The van der Waals surface area contributed by atoms with Crippen molar-refractivity contribution in [1.29, 1.82) is 0 Å². The van der Waals surface area contributed by atoms with Gasteiger partial charge in [0.05, 0.1) is 0 Å². The van der Waals surface area contributed by atoms with Crippen molar-refractivity contribution >= 4 is 17.6 Å². The fraction of sp³-hybridized carbons (Fsp3) is 0.526. The zero-order valence-corrected chi connectivity index (χ0v) is 14.1. The van der Waals surface area contributed by atoms with Crippen LogP contribution in [-0.4, -0.2) is 23.4 Å². The second-order valence-electron chi connectivity index (χ2n) is 6.32. The van der Waals surface area contributed by atoms with E-state index in [1.54, 1.807) is 5.37 Å². The summed E-state index contributed by atoms with van der Waals surface area (Å²) in [6, 6.07) is 11.3. The average Bonchev–Trinajstić information content (AvgIpc) is 3.31. The topological polar surface area (TPSA) is 3.24 Å². The highest BCUT2D eigenvalue weighted by Crippen LogP contribution is 2.41. The molecule has 1 aromatic rings. The second kappa shape index (κ2) is 7.86. The maximum atomic E-state index is 5.16. The molecule has 0 aliphatic heterocycles. The second-order valence-corrected chi connectivity index (χ2v) is 6.55. The summed E-state index contributed by atoms with van der Waals surface area (Å²) < 4.78 is 0. The standard InChI is InChI=1S/C19H27NS/c1-4-8-18(15(2)14-21)19(17-11-12-17)20(3)13-16-9-6-5-7-10-16/h5-7,9-10,14,17-19H,2,4,8,11-13H2,1,3H3. The van der Waals surface area contributed by atoms with E-state index < -0.39 is 0 Å². The number of hydrogen-bond acceptors (Lipinski definition) is 2. The normalized spacial score (nSPS) is 17.5. The van der Waals surface area contributed by atoms with E-state index in [9.17, 15) is 0 Å². The first kappa shape index (κ1) is 16.4. The molecule has 1 aromatic carbocycles. The van der Waals surface area contributed by atoms with Crippen LogP contribution in [0.5, 0.6) is 0 Å². The monoisotopic (exact) mass is 301 g/mol. The Kier molecular flexibility index (Phi) is 6.13. The lowest BCUT2D eigenvalue weighted by molar-refractivity contribution is 0.158. The van der Waals surface area contributed by atoms with Crippen molar-refractivity contribution in [2.75, 3.05) is 7.05 Å². The molecule has 1 nitrogen and oxygen atoms in total. The predicted octanol–water partition coefficient (Wildman–Crippen LogP) is 4.87. The van der Waals surface area contributed by atoms with Crippen LogP contribution in [0.15, 0.2) is 42.5 Å². The van der Waals surface area contributed by atoms with Crippen LogP contribution in [0.3, 0.4) is 0 Å². The number of rotatable bonds is 9. The van der Waals surface area contributed by atoms with Gasteiger partial charge in [-0.25, -0.2) is 0 Å². The molecule has 0 aromatic heterocycles. The molecular weight excluding hydrogens is 274 g/mol. The molecule has 2 unspecified atom stereocenters. The van der Waals surface area contributed by atoms with Gasteiger partial charge in [-0.3, -0.25) is 4.90 Å². The summed E-state index contributed by atoms with van der Waals surface area (Å²) >= 11 is 5.16. The highest BCUT2D eigenvalue weighted by Gasteiger charge is 2.39. The van der Waals surface area contributed by atoms with E-state index in [-0.39, 0.29) is 0 Å². The Morgan fingerprint density at radius 1 is 1.38 bits per heavy atom. The summed E-state index contributed by atoms with van der Waals surface area (Å²) in [5.74, 6) is 1.33. The highest BCUT2D eigenvalue weighted by molar-refractivity contribution is 7.79. The van der Waals surface area contributed by atoms with E-state index in [1.165, 1.54) is 31.2 Å². The zero-order valence-electron chi connectivity index (χ0n) is 13.3. The van der Waals surface area contributed by atoms with Gasteiger partial charge in [-0.05, 0) is 49.3 Å². The van der Waals surface area contributed by atoms with Gasteiger partial charge in [-0.2, -0.15) is 0 Å². The van der Waals surface area contributed by atoms with Crippen molar-refractivity contribution in [3.05, 3.63) is 48.0 Å². The first-order chi connectivity index (χ1) is 10.2. The summed E-state index contributed by atoms with van der Waals surface area (Å²) in [7, 11) is 2.26. The van der Waals surface area contributed by atoms with Gasteiger partial charge < -0.3 is 0 Å². The van der Waals surface area contributed by atoms with Crippen molar-refractivity contribution in [1.82, 2.24) is 4.90 Å². The van der Waals surface area contributed by atoms with Gasteiger partial charge in [-0.1, -0.05) is 62.5 Å². The molecule has 0 spiro atoms. The molecular formula is C19H27NS. The summed E-state index contributed by atoms with van der Waals surface area (Å²) in [6.45, 7) is 7.49. The average molecular weight is 301 g/mol. The van der Waals surface area contributed by atoms with E-state index >= 15 is 0 Å². The van der Waals surface area contributed by atoms with Gasteiger partial charge in [0.2, 0.25) is 0 Å². The predicted molar refractivity (Wildman–Crippen MR) is 95.6 cm³/mol. The van der Waals surface area contributed by atoms with Crippen LogP contribution in [0.2, 0.25) is 0 Å². The van der Waals surface area contributed by atoms with E-state index in [0.717, 1.165) is 18.0 Å². The largest absolute Gasteiger partial charge is 0.298 e. The smallest absolute Gasteiger partial charge is 0.0233 e. The maximum absolute atomic E-state index is 5.16. The molecule has 2 atom stereocenters. The molecule has 1 aliphatic carbocycles. The van der Waals surface area contributed by atoms with Crippen LogP contribution in [0.4, 0.5) is 0 Å². The highest BCUT2D eigenvalue weighted by atomic mass is 32.1. The Balaban J connectivity index is 2.12. The van der Waals surface area contributed by atoms with Gasteiger partial charge in [0.1, 0.15) is 0 Å². The third-order valence-corrected chi connectivity index (χ3v) is 4.83. The van der Waals surface area contributed by atoms with Crippen LogP contribution < -0.4 is 0 Å². The molecule has 0 heterocycles. The van der Waals surface area contributed by atoms with Crippen molar-refractivity contribution in [3.63, 3.8) is 0 Å². The maximum Gasteiger partial charge on any atom is 0.0233 e. The number of hydrogen-bond donors (Lipinski definition) is 0. The molecule has 2 rings (SSSR count). The molecule has 0 amide bonds. The van der Waals surface area contributed by atoms with E-state index in [2.05, 4.69) is 55.8 Å². The first-order valence-corrected chi connectivity index (χ1v) is 8.52. The number of benzene rings is 1. The minimum Gasteiger partial charge on any atom is -0.298 e. The molecule has 1 fully saturated rings. The summed E-state index contributed by atoms with van der Waals surface area (Å²) in [4.78, 5) is 2.53. The van der Waals surface area contributed by atoms with Gasteiger partial charge in [0.25, 0.3) is 0 Å². The van der Waals surface area contributed by atoms with Gasteiger partial charge in [0, 0.05) is 18.0 Å². The molecule has 0 bridgehead atoms. The van der Waals surface area contributed by atoms with Crippen LogP contribution in [0.25, 0.3) is 0 Å². The van der Waals surface area contributed by atoms with Crippen LogP contribution in [0.1, 0.15) is 38.2 Å². The van der Waals surface area contributed by atoms with E-state index in [4.69, 9.17) is 12.2 Å². The third kappa shape index (κ3) is 4.49. The molecule has 2 heteroatoms. The Morgan fingerprint density at radius 3 is 2.57 bits per heavy atom. The van der Waals surface area contributed by atoms with Crippen molar-refractivity contribution in [2.45, 2.75) is 45.2 Å². The lowest BCUT2D eigenvalue weighted by Crippen LogP contribution is -2.40. The Morgan fingerprint density at radius 2 is 2.05 bits per heavy atom. The fourth-order valence-electron chi connectivity index (χ4n) is 3.38. The quantitative estimate of drug-likeness (QED) is 0.473. The molecule has 21 heavy (non-hydrogen) atoms. The van der Waals surface area contributed by atoms with Gasteiger partial charge >= 0.3 is 0 Å². The number of nitrogens with zero attached hydrogens (tertiary/aromatic N) is 1. The minimum absolute atomic E-state index is 0.508. The third-order valence-electron chi connectivity index (χ3n) is 4.53. The summed E-state index contributed by atoms with van der Waals surface area (Å²) in [5, 5.41) is 1.80. The SMILES string of the molecule is C=C(C=S)C(CCC)C(C1CC1)N(C)Cc1ccccc1. The van der Waals surface area contributed by atoms with Crippen LogP contribution in [-0.2, 0) is 6.54 Å². The molecule has 0 radical (unpaired) electrons.